The molecule has 9 nitrogen and oxygen atoms in total. The third-order valence-corrected chi connectivity index (χ3v) is 8.42. The number of nitrogens with zero attached hydrogens (tertiary/aromatic N) is 3. The SMILES string of the molecule is CNC(=O)c1c(NC(=O)c2ccc(S(=O)(=O)N(CCC#N)CCC#N)cc2)sc2c1CCC2. The molecule has 0 atom stereocenters. The molecule has 3 rings (SSSR count). The Morgan fingerprint density at radius 2 is 1.70 bits per heavy atom. The van der Waals surface area contributed by atoms with E-state index in [1.54, 1.807) is 7.05 Å². The number of sulfonamides is 1. The number of anilines is 1. The van der Waals surface area contributed by atoms with Gasteiger partial charge < -0.3 is 10.6 Å². The second-order valence-corrected chi connectivity index (χ2v) is 10.4. The van der Waals surface area contributed by atoms with Gasteiger partial charge in [-0.25, -0.2) is 8.42 Å². The molecular weight excluding hydrogens is 462 g/mol. The molecule has 2 amide bonds. The van der Waals surface area contributed by atoms with Crippen LogP contribution in [0.15, 0.2) is 29.2 Å². The van der Waals surface area contributed by atoms with E-state index in [9.17, 15) is 18.0 Å². The van der Waals surface area contributed by atoms with Crippen molar-refractivity contribution in [2.75, 3.05) is 25.5 Å². The van der Waals surface area contributed by atoms with Crippen LogP contribution in [0.4, 0.5) is 5.00 Å². The summed E-state index contributed by atoms with van der Waals surface area (Å²) >= 11 is 1.39. The number of carbonyl (C=O) groups is 2. The summed E-state index contributed by atoms with van der Waals surface area (Å²) in [7, 11) is -2.37. The topological polar surface area (TPSA) is 143 Å². The molecule has 1 aromatic carbocycles. The summed E-state index contributed by atoms with van der Waals surface area (Å²) in [6, 6.07) is 9.26. The molecule has 172 valence electrons. The van der Waals surface area contributed by atoms with E-state index < -0.39 is 15.9 Å². The number of nitriles is 2. The van der Waals surface area contributed by atoms with Crippen LogP contribution in [0.5, 0.6) is 0 Å². The van der Waals surface area contributed by atoms with E-state index in [0.29, 0.717) is 10.6 Å². The Morgan fingerprint density at radius 3 is 2.27 bits per heavy atom. The van der Waals surface area contributed by atoms with E-state index in [1.165, 1.54) is 35.6 Å². The zero-order chi connectivity index (χ0) is 24.0. The number of hydrogen-bond acceptors (Lipinski definition) is 7. The number of rotatable bonds is 9. The molecule has 0 unspecified atom stereocenters. The van der Waals surface area contributed by atoms with Crippen molar-refractivity contribution in [3.05, 3.63) is 45.8 Å². The van der Waals surface area contributed by atoms with E-state index in [4.69, 9.17) is 10.5 Å². The first-order chi connectivity index (χ1) is 15.8. The maximum absolute atomic E-state index is 12.9. The summed E-state index contributed by atoms with van der Waals surface area (Å²) in [5.74, 6) is -0.698. The van der Waals surface area contributed by atoms with Gasteiger partial charge in [0, 0.05) is 43.4 Å². The van der Waals surface area contributed by atoms with Gasteiger partial charge in [-0.1, -0.05) is 0 Å². The zero-order valence-electron chi connectivity index (χ0n) is 18.1. The third-order valence-electron chi connectivity index (χ3n) is 5.30. The van der Waals surface area contributed by atoms with Gasteiger partial charge in [0.2, 0.25) is 10.0 Å². The molecule has 0 saturated heterocycles. The van der Waals surface area contributed by atoms with Crippen LogP contribution in [0.3, 0.4) is 0 Å². The molecule has 11 heteroatoms. The quantitative estimate of drug-likeness (QED) is 0.559. The number of carbonyl (C=O) groups excluding carboxylic acids is 2. The lowest BCUT2D eigenvalue weighted by molar-refractivity contribution is 0.0963. The van der Waals surface area contributed by atoms with Gasteiger partial charge in [-0.15, -0.1) is 11.3 Å². The predicted molar refractivity (Wildman–Crippen MR) is 123 cm³/mol. The fourth-order valence-corrected chi connectivity index (χ4v) is 6.38. The minimum atomic E-state index is -3.92. The van der Waals surface area contributed by atoms with Crippen LogP contribution in [-0.4, -0.2) is 44.7 Å². The first kappa shape index (κ1) is 24.4. The van der Waals surface area contributed by atoms with Crippen molar-refractivity contribution >= 4 is 38.2 Å². The number of nitrogens with one attached hydrogen (secondary N) is 2. The van der Waals surface area contributed by atoms with Crippen molar-refractivity contribution in [2.24, 2.45) is 0 Å². The van der Waals surface area contributed by atoms with Crippen molar-refractivity contribution in [2.45, 2.75) is 37.0 Å². The summed E-state index contributed by atoms with van der Waals surface area (Å²) < 4.78 is 26.9. The second kappa shape index (κ2) is 10.6. The summed E-state index contributed by atoms with van der Waals surface area (Å²) in [6.07, 6.45) is 2.66. The average Bonchev–Trinajstić information content (AvgIpc) is 3.39. The van der Waals surface area contributed by atoms with E-state index in [0.717, 1.165) is 34.0 Å². The van der Waals surface area contributed by atoms with E-state index in [-0.39, 0.29) is 42.3 Å². The zero-order valence-corrected chi connectivity index (χ0v) is 19.7. The van der Waals surface area contributed by atoms with Crippen molar-refractivity contribution in [3.63, 3.8) is 0 Å². The van der Waals surface area contributed by atoms with Crippen molar-refractivity contribution in [3.8, 4) is 12.1 Å². The Hall–Kier alpha value is -3.25. The maximum Gasteiger partial charge on any atom is 0.256 e. The van der Waals surface area contributed by atoms with Gasteiger partial charge in [-0.2, -0.15) is 14.8 Å². The lowest BCUT2D eigenvalue weighted by Gasteiger charge is -2.20. The first-order valence-corrected chi connectivity index (χ1v) is 12.6. The summed E-state index contributed by atoms with van der Waals surface area (Å²) in [5.41, 5.74) is 1.71. The third kappa shape index (κ3) is 5.22. The van der Waals surface area contributed by atoms with Gasteiger partial charge in [-0.05, 0) is 49.1 Å². The molecule has 0 bridgehead atoms. The van der Waals surface area contributed by atoms with Crippen molar-refractivity contribution in [1.82, 2.24) is 9.62 Å². The fraction of sp³-hybridized carbons (Fsp3) is 0.364. The highest BCUT2D eigenvalue weighted by atomic mass is 32.2. The standard InChI is InChI=1S/C22H23N5O4S2/c1-25-21(29)19-17-5-2-6-18(17)32-22(19)26-20(28)15-7-9-16(10-8-15)33(30,31)27(13-3-11-23)14-4-12-24/h7-10H,2-6,13-14H2,1H3,(H,25,29)(H,26,28). The molecule has 2 aromatic rings. The summed E-state index contributed by atoms with van der Waals surface area (Å²) in [5, 5.41) is 23.5. The molecule has 33 heavy (non-hydrogen) atoms. The number of thiophene rings is 1. The highest BCUT2D eigenvalue weighted by Gasteiger charge is 2.28. The first-order valence-electron chi connectivity index (χ1n) is 10.4. The molecule has 0 radical (unpaired) electrons. The number of hydrogen-bond donors (Lipinski definition) is 2. The minimum absolute atomic E-state index is 0.00358. The Kier molecular flexibility index (Phi) is 7.82. The normalized spacial score (nSPS) is 12.6. The van der Waals surface area contributed by atoms with Gasteiger partial charge >= 0.3 is 0 Å². The van der Waals surface area contributed by atoms with Crippen LogP contribution in [0, 0.1) is 22.7 Å². The van der Waals surface area contributed by atoms with Crippen LogP contribution in [0.25, 0.3) is 0 Å². The predicted octanol–water partition coefficient (Wildman–Crippen LogP) is 2.67. The van der Waals surface area contributed by atoms with Crippen molar-refractivity contribution < 1.29 is 18.0 Å². The molecule has 0 aliphatic heterocycles. The molecule has 1 aliphatic rings. The number of benzene rings is 1. The number of aryl methyl sites for hydroxylation is 1. The Labute approximate surface area is 196 Å². The van der Waals surface area contributed by atoms with E-state index in [2.05, 4.69) is 10.6 Å². The van der Waals surface area contributed by atoms with Gasteiger partial charge in [0.25, 0.3) is 11.8 Å². The second-order valence-electron chi connectivity index (χ2n) is 7.34. The van der Waals surface area contributed by atoms with Gasteiger partial charge in [0.15, 0.2) is 0 Å². The van der Waals surface area contributed by atoms with Gasteiger partial charge in [0.1, 0.15) is 5.00 Å². The minimum Gasteiger partial charge on any atom is -0.355 e. The van der Waals surface area contributed by atoms with Crippen LogP contribution in [0.2, 0.25) is 0 Å². The van der Waals surface area contributed by atoms with E-state index >= 15 is 0 Å². The maximum atomic E-state index is 12.9. The highest BCUT2D eigenvalue weighted by Crippen LogP contribution is 2.39. The molecule has 2 N–H and O–H groups in total. The highest BCUT2D eigenvalue weighted by molar-refractivity contribution is 7.89. The number of amides is 2. The van der Waals surface area contributed by atoms with E-state index in [1.807, 2.05) is 12.1 Å². The smallest absolute Gasteiger partial charge is 0.256 e. The Morgan fingerprint density at radius 1 is 1.06 bits per heavy atom. The van der Waals surface area contributed by atoms with Crippen molar-refractivity contribution in [1.29, 1.82) is 10.5 Å². The molecule has 1 heterocycles. The van der Waals surface area contributed by atoms with Crippen LogP contribution >= 0.6 is 11.3 Å². The lowest BCUT2D eigenvalue weighted by atomic mass is 10.1. The monoisotopic (exact) mass is 485 g/mol. The molecule has 1 aliphatic carbocycles. The van der Waals surface area contributed by atoms with Gasteiger partial charge in [-0.3, -0.25) is 9.59 Å². The summed E-state index contributed by atoms with van der Waals surface area (Å²) in [6.45, 7) is -0.0396. The lowest BCUT2D eigenvalue weighted by Crippen LogP contribution is -2.32. The Bertz CT molecular complexity index is 1220. The van der Waals surface area contributed by atoms with Crippen LogP contribution in [-0.2, 0) is 22.9 Å². The van der Waals surface area contributed by atoms with Crippen LogP contribution in [0.1, 0.15) is 50.4 Å². The van der Waals surface area contributed by atoms with Crippen LogP contribution < -0.4 is 10.6 Å². The molecule has 0 spiro atoms. The molecule has 0 fully saturated rings. The fourth-order valence-electron chi connectivity index (χ4n) is 3.66. The summed E-state index contributed by atoms with van der Waals surface area (Å²) in [4.78, 5) is 26.3. The largest absolute Gasteiger partial charge is 0.355 e. The Balaban J connectivity index is 1.80. The molecule has 1 aromatic heterocycles. The average molecular weight is 486 g/mol. The molecule has 0 saturated carbocycles. The molecular formula is C22H23N5O4S2. The van der Waals surface area contributed by atoms with Gasteiger partial charge in [0.05, 0.1) is 22.6 Å². The number of fused-ring (bicyclic) bond motifs is 1.